The molecule has 2 aliphatic rings. The molecule has 1 unspecified atom stereocenters. The van der Waals surface area contributed by atoms with Gasteiger partial charge in [-0.25, -0.2) is 4.79 Å². The number of hydrogen-bond acceptors (Lipinski definition) is 5. The van der Waals surface area contributed by atoms with Crippen LogP contribution in [0, 0.1) is 0 Å². The number of piperazine rings is 1. The molecule has 156 valence electrons. The molecule has 8 heteroatoms. The Morgan fingerprint density at radius 2 is 1.79 bits per heavy atom. The van der Waals surface area contributed by atoms with E-state index in [9.17, 15) is 9.59 Å². The fourth-order valence-corrected chi connectivity index (χ4v) is 4.01. The smallest absolute Gasteiger partial charge is 0.409 e. The summed E-state index contributed by atoms with van der Waals surface area (Å²) in [7, 11) is 3.02. The quantitative estimate of drug-likeness (QED) is 0.742. The number of rotatable bonds is 5. The van der Waals surface area contributed by atoms with E-state index in [1.807, 2.05) is 29.2 Å². The Kier molecular flexibility index (Phi) is 8.38. The number of benzene rings is 1. The normalized spacial score (nSPS) is 19.9. The van der Waals surface area contributed by atoms with Gasteiger partial charge in [0.2, 0.25) is 5.91 Å². The first-order valence-corrected chi connectivity index (χ1v) is 9.59. The van der Waals surface area contributed by atoms with E-state index < -0.39 is 0 Å². The van der Waals surface area contributed by atoms with Gasteiger partial charge in [-0.15, -0.1) is 12.4 Å². The van der Waals surface area contributed by atoms with Crippen molar-refractivity contribution in [2.75, 3.05) is 53.5 Å². The first-order valence-electron chi connectivity index (χ1n) is 9.59. The summed E-state index contributed by atoms with van der Waals surface area (Å²) in [5.74, 6) is 0.809. The molecule has 2 amide bonds. The zero-order valence-electron chi connectivity index (χ0n) is 16.6. The van der Waals surface area contributed by atoms with E-state index in [-0.39, 0.29) is 30.4 Å². The first kappa shape index (κ1) is 22.3. The number of hydrogen-bond donors (Lipinski definition) is 0. The largest absolute Gasteiger partial charge is 0.496 e. The summed E-state index contributed by atoms with van der Waals surface area (Å²) in [6.45, 7) is 4.46. The van der Waals surface area contributed by atoms with Crippen LogP contribution < -0.4 is 4.74 Å². The average Bonchev–Trinajstić information content (AvgIpc) is 3.20. The fraction of sp³-hybridized carbons (Fsp3) is 0.600. The van der Waals surface area contributed by atoms with Gasteiger partial charge in [-0.3, -0.25) is 4.79 Å². The van der Waals surface area contributed by atoms with Crippen LogP contribution in [0.25, 0.3) is 0 Å². The number of nitrogens with zero attached hydrogens (tertiary/aromatic N) is 3. The highest BCUT2D eigenvalue weighted by molar-refractivity contribution is 5.85. The van der Waals surface area contributed by atoms with E-state index in [4.69, 9.17) is 9.47 Å². The summed E-state index contributed by atoms with van der Waals surface area (Å²) < 4.78 is 10.3. The van der Waals surface area contributed by atoms with Gasteiger partial charge in [0, 0.05) is 31.7 Å². The van der Waals surface area contributed by atoms with Gasteiger partial charge in [-0.05, 0) is 32.0 Å². The van der Waals surface area contributed by atoms with Crippen LogP contribution in [0.2, 0.25) is 0 Å². The molecule has 2 fully saturated rings. The highest BCUT2D eigenvalue weighted by Crippen LogP contribution is 2.21. The van der Waals surface area contributed by atoms with E-state index in [1.54, 1.807) is 12.0 Å². The van der Waals surface area contributed by atoms with Gasteiger partial charge in [-0.2, -0.15) is 0 Å². The van der Waals surface area contributed by atoms with Gasteiger partial charge in [0.05, 0.1) is 26.7 Å². The molecule has 0 N–H and O–H groups in total. The van der Waals surface area contributed by atoms with E-state index in [2.05, 4.69) is 4.90 Å². The standard InChI is InChI=1S/C20H29N3O4.ClH/c1-26-18-8-4-3-7-16(18)13-19(24)23-12-11-22(20(25)27-2)15-17(23)14-21-9-5-6-10-21;/h3-4,7-8,17H,5-6,9-15H2,1-2H3;1H. The molecule has 0 aliphatic carbocycles. The average molecular weight is 412 g/mol. The van der Waals surface area contributed by atoms with Gasteiger partial charge < -0.3 is 24.2 Å². The van der Waals surface area contributed by atoms with Crippen molar-refractivity contribution < 1.29 is 19.1 Å². The van der Waals surface area contributed by atoms with E-state index >= 15 is 0 Å². The topological polar surface area (TPSA) is 62.3 Å². The van der Waals surface area contributed by atoms with Crippen LogP contribution in [-0.4, -0.2) is 86.2 Å². The molecular formula is C20H30ClN3O4. The second kappa shape index (κ2) is 10.5. The minimum Gasteiger partial charge on any atom is -0.496 e. The van der Waals surface area contributed by atoms with Gasteiger partial charge in [0.1, 0.15) is 5.75 Å². The molecule has 0 saturated carbocycles. The van der Waals surface area contributed by atoms with Crippen molar-refractivity contribution in [1.82, 2.24) is 14.7 Å². The fourth-order valence-electron chi connectivity index (χ4n) is 4.01. The van der Waals surface area contributed by atoms with Crippen molar-refractivity contribution >= 4 is 24.4 Å². The molecule has 0 radical (unpaired) electrons. The molecule has 2 saturated heterocycles. The Bertz CT molecular complexity index is 667. The van der Waals surface area contributed by atoms with Crippen molar-refractivity contribution in [3.63, 3.8) is 0 Å². The second-order valence-electron chi connectivity index (χ2n) is 7.15. The summed E-state index contributed by atoms with van der Waals surface area (Å²) in [4.78, 5) is 31.1. The number of likely N-dealkylation sites (tertiary alicyclic amines) is 1. The molecule has 7 nitrogen and oxygen atoms in total. The zero-order valence-corrected chi connectivity index (χ0v) is 17.5. The lowest BCUT2D eigenvalue weighted by molar-refractivity contribution is -0.135. The Hall–Kier alpha value is -1.99. The third kappa shape index (κ3) is 5.29. The predicted molar refractivity (Wildman–Crippen MR) is 109 cm³/mol. The third-order valence-electron chi connectivity index (χ3n) is 5.44. The molecular weight excluding hydrogens is 382 g/mol. The van der Waals surface area contributed by atoms with Crippen molar-refractivity contribution in [2.24, 2.45) is 0 Å². The minimum atomic E-state index is -0.321. The van der Waals surface area contributed by atoms with E-state index in [0.717, 1.165) is 30.9 Å². The molecule has 3 rings (SSSR count). The van der Waals surface area contributed by atoms with Crippen LogP contribution in [0.1, 0.15) is 18.4 Å². The Morgan fingerprint density at radius 1 is 1.07 bits per heavy atom. The maximum atomic E-state index is 13.1. The molecule has 1 atom stereocenters. The van der Waals surface area contributed by atoms with Crippen LogP contribution >= 0.6 is 12.4 Å². The van der Waals surface area contributed by atoms with E-state index in [0.29, 0.717) is 26.1 Å². The van der Waals surface area contributed by atoms with Crippen molar-refractivity contribution in [1.29, 1.82) is 0 Å². The van der Waals surface area contributed by atoms with Gasteiger partial charge in [-0.1, -0.05) is 18.2 Å². The van der Waals surface area contributed by atoms with Gasteiger partial charge in [0.15, 0.2) is 0 Å². The van der Waals surface area contributed by atoms with Crippen LogP contribution in [-0.2, 0) is 16.0 Å². The maximum Gasteiger partial charge on any atom is 0.409 e. The monoisotopic (exact) mass is 411 g/mol. The Morgan fingerprint density at radius 3 is 2.46 bits per heavy atom. The number of ether oxygens (including phenoxy) is 2. The number of carbonyl (C=O) groups is 2. The third-order valence-corrected chi connectivity index (χ3v) is 5.44. The van der Waals surface area contributed by atoms with Crippen molar-refractivity contribution in [3.8, 4) is 5.75 Å². The number of para-hydroxylation sites is 1. The molecule has 0 bridgehead atoms. The molecule has 0 spiro atoms. The highest BCUT2D eigenvalue weighted by atomic mass is 35.5. The van der Waals surface area contributed by atoms with E-state index in [1.165, 1.54) is 20.0 Å². The first-order chi connectivity index (χ1) is 13.1. The molecule has 0 aromatic heterocycles. The number of amides is 2. The molecule has 28 heavy (non-hydrogen) atoms. The molecule has 1 aromatic carbocycles. The minimum absolute atomic E-state index is 0. The van der Waals surface area contributed by atoms with Gasteiger partial charge >= 0.3 is 6.09 Å². The zero-order chi connectivity index (χ0) is 19.2. The maximum absolute atomic E-state index is 13.1. The highest BCUT2D eigenvalue weighted by Gasteiger charge is 2.34. The van der Waals surface area contributed by atoms with Crippen molar-refractivity contribution in [2.45, 2.75) is 25.3 Å². The van der Waals surface area contributed by atoms with Crippen LogP contribution in [0.4, 0.5) is 4.79 Å². The summed E-state index contributed by atoms with van der Waals surface area (Å²) in [5, 5.41) is 0. The van der Waals surface area contributed by atoms with Crippen LogP contribution in [0.3, 0.4) is 0 Å². The Balaban J connectivity index is 0.00000280. The summed E-state index contributed by atoms with van der Waals surface area (Å²) in [6.07, 6.45) is 2.38. The lowest BCUT2D eigenvalue weighted by Crippen LogP contribution is -2.59. The summed E-state index contributed by atoms with van der Waals surface area (Å²) >= 11 is 0. The number of methoxy groups -OCH3 is 2. The Labute approximate surface area is 173 Å². The van der Waals surface area contributed by atoms with Crippen LogP contribution in [0.5, 0.6) is 5.75 Å². The summed E-state index contributed by atoms with van der Waals surface area (Å²) in [5.41, 5.74) is 0.889. The predicted octanol–water partition coefficient (Wildman–Crippen LogP) is 2.03. The van der Waals surface area contributed by atoms with Gasteiger partial charge in [0.25, 0.3) is 0 Å². The molecule has 2 aliphatic heterocycles. The van der Waals surface area contributed by atoms with Crippen LogP contribution in [0.15, 0.2) is 24.3 Å². The molecule has 1 aromatic rings. The number of halogens is 1. The summed E-state index contributed by atoms with van der Waals surface area (Å²) in [6, 6.07) is 7.61. The number of carbonyl (C=O) groups excluding carboxylic acids is 2. The lowest BCUT2D eigenvalue weighted by Gasteiger charge is -2.42. The van der Waals surface area contributed by atoms with Crippen molar-refractivity contribution in [3.05, 3.63) is 29.8 Å². The second-order valence-corrected chi connectivity index (χ2v) is 7.15. The SMILES string of the molecule is COC(=O)N1CCN(C(=O)Cc2ccccc2OC)C(CN2CCCC2)C1.Cl. The molecule has 2 heterocycles. The lowest BCUT2D eigenvalue weighted by atomic mass is 10.1.